The summed E-state index contributed by atoms with van der Waals surface area (Å²) in [7, 11) is 0. The number of benzene rings is 2. The molecule has 1 fully saturated rings. The van der Waals surface area contributed by atoms with Gasteiger partial charge in [-0.2, -0.15) is 5.26 Å². The van der Waals surface area contributed by atoms with Gasteiger partial charge in [-0.3, -0.25) is 0 Å². The van der Waals surface area contributed by atoms with Crippen LogP contribution in [0.25, 0.3) is 0 Å². The summed E-state index contributed by atoms with van der Waals surface area (Å²) in [6, 6.07) is 18.6. The van der Waals surface area contributed by atoms with E-state index in [9.17, 15) is 0 Å². The molecule has 0 unspecified atom stereocenters. The van der Waals surface area contributed by atoms with Crippen LogP contribution in [0.1, 0.15) is 29.5 Å². The van der Waals surface area contributed by atoms with Crippen molar-refractivity contribution in [1.29, 1.82) is 5.26 Å². The molecular formula is C20H21BrN2O. The highest BCUT2D eigenvalue weighted by Gasteiger charge is 2.34. The molecule has 3 rings (SSSR count). The summed E-state index contributed by atoms with van der Waals surface area (Å²) in [6.45, 7) is 3.35. The van der Waals surface area contributed by atoms with Crippen LogP contribution in [0.3, 0.4) is 0 Å². The van der Waals surface area contributed by atoms with E-state index in [1.165, 1.54) is 11.1 Å². The van der Waals surface area contributed by atoms with Gasteiger partial charge in [-0.05, 0) is 48.2 Å². The summed E-state index contributed by atoms with van der Waals surface area (Å²) in [4.78, 5) is 0. The molecule has 0 radical (unpaired) electrons. The first-order valence-electron chi connectivity index (χ1n) is 8.25. The molecule has 1 aliphatic rings. The first-order valence-corrected chi connectivity index (χ1v) is 9.05. The Labute approximate surface area is 151 Å². The van der Waals surface area contributed by atoms with Crippen LogP contribution >= 0.6 is 15.9 Å². The largest absolute Gasteiger partial charge is 0.381 e. The quantitative estimate of drug-likeness (QED) is 0.841. The summed E-state index contributed by atoms with van der Waals surface area (Å²) in [6.07, 6.45) is 2.06. The minimum Gasteiger partial charge on any atom is -0.381 e. The lowest BCUT2D eigenvalue weighted by Gasteiger charge is -2.38. The van der Waals surface area contributed by atoms with Crippen molar-refractivity contribution in [2.45, 2.75) is 24.8 Å². The fraction of sp³-hybridized carbons (Fsp3) is 0.350. The third kappa shape index (κ3) is 4.05. The lowest BCUT2D eigenvalue weighted by molar-refractivity contribution is 0.0497. The van der Waals surface area contributed by atoms with Gasteiger partial charge < -0.3 is 10.1 Å². The van der Waals surface area contributed by atoms with E-state index in [1.807, 2.05) is 24.3 Å². The molecule has 24 heavy (non-hydrogen) atoms. The van der Waals surface area contributed by atoms with E-state index < -0.39 is 0 Å². The Morgan fingerprint density at radius 3 is 2.54 bits per heavy atom. The van der Waals surface area contributed by atoms with E-state index in [0.29, 0.717) is 5.56 Å². The molecule has 0 aliphatic carbocycles. The normalized spacial score (nSPS) is 16.5. The van der Waals surface area contributed by atoms with Gasteiger partial charge in [-0.25, -0.2) is 0 Å². The molecule has 1 heterocycles. The first-order chi connectivity index (χ1) is 11.7. The van der Waals surface area contributed by atoms with E-state index in [1.54, 1.807) is 0 Å². The molecule has 1 aliphatic heterocycles. The van der Waals surface area contributed by atoms with Crippen molar-refractivity contribution < 1.29 is 4.74 Å². The molecule has 0 bridgehead atoms. The van der Waals surface area contributed by atoms with Crippen molar-refractivity contribution in [2.24, 2.45) is 0 Å². The number of hydrogen-bond donors (Lipinski definition) is 1. The summed E-state index contributed by atoms with van der Waals surface area (Å²) in [5.41, 5.74) is 3.39. The second kappa shape index (κ2) is 7.94. The maximum absolute atomic E-state index is 8.88. The summed E-state index contributed by atoms with van der Waals surface area (Å²) in [5, 5.41) is 12.5. The van der Waals surface area contributed by atoms with Crippen molar-refractivity contribution in [2.75, 3.05) is 19.8 Å². The molecule has 0 aromatic heterocycles. The van der Waals surface area contributed by atoms with Crippen LogP contribution < -0.4 is 5.32 Å². The van der Waals surface area contributed by atoms with Crippen LogP contribution in [-0.2, 0) is 16.7 Å². The van der Waals surface area contributed by atoms with E-state index in [-0.39, 0.29) is 5.41 Å². The summed E-state index contributed by atoms with van der Waals surface area (Å²) < 4.78 is 6.72. The highest BCUT2D eigenvalue weighted by Crippen LogP contribution is 2.35. The van der Waals surface area contributed by atoms with Gasteiger partial charge in [0.05, 0.1) is 11.6 Å². The van der Waals surface area contributed by atoms with Gasteiger partial charge in [0.2, 0.25) is 0 Å². The van der Waals surface area contributed by atoms with Crippen molar-refractivity contribution >= 4 is 15.9 Å². The molecule has 2 aromatic rings. The third-order valence-electron chi connectivity index (χ3n) is 4.76. The van der Waals surface area contributed by atoms with Gasteiger partial charge in [-0.1, -0.05) is 40.2 Å². The predicted molar refractivity (Wildman–Crippen MR) is 98.7 cm³/mol. The molecule has 4 heteroatoms. The van der Waals surface area contributed by atoms with Gasteiger partial charge in [0.15, 0.2) is 0 Å². The molecule has 1 saturated heterocycles. The van der Waals surface area contributed by atoms with Gasteiger partial charge in [0.1, 0.15) is 0 Å². The molecule has 0 saturated carbocycles. The van der Waals surface area contributed by atoms with E-state index in [4.69, 9.17) is 10.00 Å². The zero-order valence-electron chi connectivity index (χ0n) is 13.6. The molecule has 0 spiro atoms. The Bertz CT molecular complexity index is 715. The Balaban J connectivity index is 1.69. The van der Waals surface area contributed by atoms with Gasteiger partial charge >= 0.3 is 0 Å². The SMILES string of the molecule is N#Cc1ccc(CNCC2(c3cccc(Br)c3)CCOCC2)cc1. The van der Waals surface area contributed by atoms with E-state index in [2.05, 4.69) is 51.6 Å². The van der Waals surface area contributed by atoms with E-state index in [0.717, 1.165) is 43.6 Å². The number of nitriles is 1. The molecule has 0 atom stereocenters. The third-order valence-corrected chi connectivity index (χ3v) is 5.26. The van der Waals surface area contributed by atoms with Crippen molar-refractivity contribution in [3.8, 4) is 6.07 Å². The predicted octanol–water partition coefficient (Wildman–Crippen LogP) is 4.16. The van der Waals surface area contributed by atoms with Crippen molar-refractivity contribution in [1.82, 2.24) is 5.32 Å². The van der Waals surface area contributed by atoms with Crippen LogP contribution in [0.2, 0.25) is 0 Å². The number of hydrogen-bond acceptors (Lipinski definition) is 3. The molecule has 0 amide bonds. The standard InChI is InChI=1S/C20H21BrN2O/c21-19-3-1-2-18(12-19)20(8-10-24-11-9-20)15-23-14-17-6-4-16(13-22)5-7-17/h1-7,12,23H,8-11,14-15H2. The number of ether oxygens (including phenoxy) is 1. The molecule has 1 N–H and O–H groups in total. The molecule has 3 nitrogen and oxygen atoms in total. The fourth-order valence-electron chi connectivity index (χ4n) is 3.29. The summed E-state index contributed by atoms with van der Waals surface area (Å²) >= 11 is 3.59. The zero-order chi connectivity index (χ0) is 16.8. The van der Waals surface area contributed by atoms with Crippen LogP contribution in [0.15, 0.2) is 53.0 Å². The van der Waals surface area contributed by atoms with Gasteiger partial charge in [-0.15, -0.1) is 0 Å². The number of halogens is 1. The first kappa shape index (κ1) is 17.2. The van der Waals surface area contributed by atoms with Gasteiger partial charge in [0.25, 0.3) is 0 Å². The monoisotopic (exact) mass is 384 g/mol. The lowest BCUT2D eigenvalue weighted by atomic mass is 9.74. The van der Waals surface area contributed by atoms with Crippen LogP contribution in [-0.4, -0.2) is 19.8 Å². The van der Waals surface area contributed by atoms with Crippen LogP contribution in [0.4, 0.5) is 0 Å². The van der Waals surface area contributed by atoms with E-state index >= 15 is 0 Å². The highest BCUT2D eigenvalue weighted by atomic mass is 79.9. The maximum atomic E-state index is 8.88. The molecular weight excluding hydrogens is 364 g/mol. The zero-order valence-corrected chi connectivity index (χ0v) is 15.2. The average Bonchev–Trinajstić information content (AvgIpc) is 2.63. The van der Waals surface area contributed by atoms with Crippen LogP contribution in [0.5, 0.6) is 0 Å². The van der Waals surface area contributed by atoms with Crippen molar-refractivity contribution in [3.63, 3.8) is 0 Å². The second-order valence-corrected chi connectivity index (χ2v) is 7.23. The summed E-state index contributed by atoms with van der Waals surface area (Å²) in [5.74, 6) is 0. The molecule has 124 valence electrons. The smallest absolute Gasteiger partial charge is 0.0991 e. The Hall–Kier alpha value is -1.67. The highest BCUT2D eigenvalue weighted by molar-refractivity contribution is 9.10. The number of rotatable bonds is 5. The average molecular weight is 385 g/mol. The topological polar surface area (TPSA) is 45.0 Å². The number of nitrogens with zero attached hydrogens (tertiary/aromatic N) is 1. The Kier molecular flexibility index (Phi) is 5.68. The Morgan fingerprint density at radius 1 is 1.12 bits per heavy atom. The Morgan fingerprint density at radius 2 is 1.88 bits per heavy atom. The van der Waals surface area contributed by atoms with Crippen molar-refractivity contribution in [3.05, 3.63) is 69.7 Å². The fourth-order valence-corrected chi connectivity index (χ4v) is 3.69. The second-order valence-electron chi connectivity index (χ2n) is 6.32. The van der Waals surface area contributed by atoms with Gasteiger partial charge in [0, 0.05) is 36.2 Å². The minimum atomic E-state index is 0.120. The number of nitrogens with one attached hydrogen (secondary N) is 1. The lowest BCUT2D eigenvalue weighted by Crippen LogP contribution is -2.42. The maximum Gasteiger partial charge on any atom is 0.0991 e. The molecule has 2 aromatic carbocycles. The van der Waals surface area contributed by atoms with Crippen LogP contribution in [0, 0.1) is 11.3 Å². The minimum absolute atomic E-state index is 0.120.